The summed E-state index contributed by atoms with van der Waals surface area (Å²) in [6.45, 7) is 0. The van der Waals surface area contributed by atoms with Crippen LogP contribution in [0.4, 0.5) is 11.4 Å². The Hall–Kier alpha value is -5.24. The summed E-state index contributed by atoms with van der Waals surface area (Å²) in [4.78, 5) is 27.8. The molecule has 0 bridgehead atoms. The molecular weight excluding hydrogens is 712 g/mol. The van der Waals surface area contributed by atoms with Crippen LogP contribution in [0.5, 0.6) is 0 Å². The van der Waals surface area contributed by atoms with Gasteiger partial charge in [0.2, 0.25) is 0 Å². The summed E-state index contributed by atoms with van der Waals surface area (Å²) in [5.41, 5.74) is 7.45. The first kappa shape index (κ1) is 31.7. The van der Waals surface area contributed by atoms with Crippen LogP contribution in [0.3, 0.4) is 0 Å². The van der Waals surface area contributed by atoms with Crippen LogP contribution in [0.2, 0.25) is 10.0 Å². The van der Waals surface area contributed by atoms with E-state index in [1.165, 1.54) is 33.8 Å². The molecule has 0 aliphatic heterocycles. The zero-order chi connectivity index (χ0) is 34.7. The van der Waals surface area contributed by atoms with Gasteiger partial charge in [-0.15, -0.1) is 22.7 Å². The van der Waals surface area contributed by atoms with Crippen LogP contribution < -0.4 is 10.6 Å². The molecule has 8 heteroatoms. The van der Waals surface area contributed by atoms with Gasteiger partial charge in [-0.05, 0) is 69.8 Å². The fourth-order valence-corrected chi connectivity index (χ4v) is 10.2. The van der Waals surface area contributed by atoms with Crippen LogP contribution in [-0.4, -0.2) is 11.8 Å². The third kappa shape index (κ3) is 5.09. The molecule has 9 rings (SSSR count). The Balaban J connectivity index is 1.09. The predicted molar refractivity (Wildman–Crippen MR) is 213 cm³/mol. The van der Waals surface area contributed by atoms with Crippen molar-refractivity contribution in [2.75, 3.05) is 10.6 Å². The summed E-state index contributed by atoms with van der Waals surface area (Å²) < 4.78 is 1.94. The van der Waals surface area contributed by atoms with Gasteiger partial charge in [-0.3, -0.25) is 9.59 Å². The molecule has 51 heavy (non-hydrogen) atoms. The van der Waals surface area contributed by atoms with Crippen molar-refractivity contribution < 1.29 is 9.59 Å². The van der Waals surface area contributed by atoms with E-state index in [2.05, 4.69) is 83.4 Å². The lowest BCUT2D eigenvalue weighted by Crippen LogP contribution is -2.28. The number of benzene rings is 6. The molecule has 0 spiro atoms. The molecule has 2 aromatic heterocycles. The van der Waals surface area contributed by atoms with Crippen molar-refractivity contribution >= 4 is 89.2 Å². The van der Waals surface area contributed by atoms with Gasteiger partial charge in [0.05, 0.1) is 15.5 Å². The van der Waals surface area contributed by atoms with Gasteiger partial charge in [0.15, 0.2) is 0 Å². The Morgan fingerprint density at radius 1 is 0.471 bits per heavy atom. The van der Waals surface area contributed by atoms with E-state index in [1.807, 2.05) is 72.8 Å². The molecule has 0 saturated heterocycles. The van der Waals surface area contributed by atoms with Gasteiger partial charge in [-0.1, -0.05) is 132 Å². The summed E-state index contributed by atoms with van der Waals surface area (Å²) in [5.74, 6) is -0.482. The zero-order valence-corrected chi connectivity index (χ0v) is 29.9. The normalized spacial score (nSPS) is 12.8. The Morgan fingerprint density at radius 2 is 0.843 bits per heavy atom. The van der Waals surface area contributed by atoms with Gasteiger partial charge in [0.25, 0.3) is 11.8 Å². The quantitative estimate of drug-likeness (QED) is 0.179. The fraction of sp³-hybridized carbons (Fsp3) is 0.0233. The zero-order valence-electron chi connectivity index (χ0n) is 26.7. The number of anilines is 2. The second-order valence-corrected chi connectivity index (χ2v) is 15.2. The summed E-state index contributed by atoms with van der Waals surface area (Å²) in [7, 11) is 0. The number of halogens is 2. The lowest BCUT2D eigenvalue weighted by atomic mass is 9.67. The molecule has 1 aliphatic carbocycles. The van der Waals surface area contributed by atoms with Crippen LogP contribution in [0.1, 0.15) is 41.6 Å². The van der Waals surface area contributed by atoms with Crippen LogP contribution in [0.25, 0.3) is 31.3 Å². The predicted octanol–water partition coefficient (Wildman–Crippen LogP) is 12.3. The molecule has 0 radical (unpaired) electrons. The van der Waals surface area contributed by atoms with Gasteiger partial charge in [0, 0.05) is 31.5 Å². The van der Waals surface area contributed by atoms with Crippen LogP contribution in [-0.2, 0) is 5.41 Å². The molecule has 8 aromatic rings. The minimum Gasteiger partial charge on any atom is -0.321 e. The Labute approximate surface area is 311 Å². The number of nitrogens with one attached hydrogen (secondary N) is 2. The van der Waals surface area contributed by atoms with E-state index in [9.17, 15) is 9.59 Å². The maximum atomic E-state index is 13.4. The molecule has 6 aromatic carbocycles. The highest BCUT2D eigenvalue weighted by atomic mass is 35.5. The molecule has 2 N–H and O–H groups in total. The van der Waals surface area contributed by atoms with Crippen molar-refractivity contribution in [3.63, 3.8) is 0 Å². The van der Waals surface area contributed by atoms with Crippen LogP contribution in [0.15, 0.2) is 146 Å². The van der Waals surface area contributed by atoms with Crippen molar-refractivity contribution in [3.8, 4) is 11.1 Å². The minimum absolute atomic E-state index is 0.241. The lowest BCUT2D eigenvalue weighted by molar-refractivity contribution is 0.102. The van der Waals surface area contributed by atoms with Crippen LogP contribution >= 0.6 is 45.9 Å². The Bertz CT molecular complexity index is 2480. The molecule has 4 nitrogen and oxygen atoms in total. The highest BCUT2D eigenvalue weighted by Crippen LogP contribution is 2.56. The number of carbonyl (C=O) groups excluding carboxylic acids is 2. The molecule has 0 atom stereocenters. The molecule has 246 valence electrons. The summed E-state index contributed by atoms with van der Waals surface area (Å²) in [6, 6.07) is 48.6. The summed E-state index contributed by atoms with van der Waals surface area (Å²) in [5, 5.41) is 8.80. The minimum atomic E-state index is -0.651. The van der Waals surface area contributed by atoms with Gasteiger partial charge in [-0.2, -0.15) is 0 Å². The molecular formula is C43H26Cl2N2O2S2. The van der Waals surface area contributed by atoms with Crippen LogP contribution in [0, 0.1) is 0 Å². The third-order valence-corrected chi connectivity index (χ3v) is 12.9. The first-order chi connectivity index (χ1) is 24.9. The SMILES string of the molecule is O=C(Nc1ccc(C2(c3ccc(NC(=O)c4sc5ccccc5c4Cl)cc3)c3ccccc3-c3ccccc32)cc1)c1sc2ccccc2c1Cl. The van der Waals surface area contributed by atoms with Crippen molar-refractivity contribution in [2.24, 2.45) is 0 Å². The molecule has 0 unspecified atom stereocenters. The van der Waals surface area contributed by atoms with E-state index >= 15 is 0 Å². The van der Waals surface area contributed by atoms with Crippen molar-refractivity contribution in [1.82, 2.24) is 0 Å². The first-order valence-electron chi connectivity index (χ1n) is 16.3. The number of thiophene rings is 2. The molecule has 1 aliphatic rings. The second-order valence-electron chi connectivity index (χ2n) is 12.4. The van der Waals surface area contributed by atoms with Gasteiger partial charge < -0.3 is 10.6 Å². The number of hydrogen-bond acceptors (Lipinski definition) is 4. The van der Waals surface area contributed by atoms with Crippen molar-refractivity contribution in [3.05, 3.63) is 188 Å². The highest BCUT2D eigenvalue weighted by Gasteiger charge is 2.45. The highest BCUT2D eigenvalue weighted by molar-refractivity contribution is 7.22. The maximum Gasteiger partial charge on any atom is 0.267 e. The number of fused-ring (bicyclic) bond motifs is 5. The average molecular weight is 738 g/mol. The molecule has 0 saturated carbocycles. The van der Waals surface area contributed by atoms with Gasteiger partial charge in [-0.25, -0.2) is 0 Å². The van der Waals surface area contributed by atoms with E-state index in [0.717, 1.165) is 42.4 Å². The number of hydrogen-bond donors (Lipinski definition) is 2. The molecule has 2 heterocycles. The lowest BCUT2D eigenvalue weighted by Gasteiger charge is -2.34. The van der Waals surface area contributed by atoms with Gasteiger partial charge in [0.1, 0.15) is 9.75 Å². The standard InChI is InChI=1S/C43H26Cl2N2O2S2/c44-37-31-11-3-7-15-35(31)50-39(37)41(48)46-27-21-17-25(18-22-27)43(33-13-5-1-9-29(33)30-10-2-6-14-34(30)43)26-19-23-28(24-20-26)47-42(49)40-38(45)32-12-4-8-16-36(32)51-40/h1-24H,(H,46,48)(H,47,49). The summed E-state index contributed by atoms with van der Waals surface area (Å²) >= 11 is 16.0. The van der Waals surface area contributed by atoms with E-state index < -0.39 is 5.41 Å². The third-order valence-electron chi connectivity index (χ3n) is 9.59. The van der Waals surface area contributed by atoms with Crippen molar-refractivity contribution in [1.29, 1.82) is 0 Å². The largest absolute Gasteiger partial charge is 0.321 e. The monoisotopic (exact) mass is 736 g/mol. The fourth-order valence-electron chi connectivity index (χ4n) is 7.33. The van der Waals surface area contributed by atoms with Crippen molar-refractivity contribution in [2.45, 2.75) is 5.41 Å². The van der Waals surface area contributed by atoms with E-state index in [-0.39, 0.29) is 11.8 Å². The van der Waals surface area contributed by atoms with E-state index in [1.54, 1.807) is 0 Å². The maximum absolute atomic E-state index is 13.4. The number of carbonyl (C=O) groups is 2. The molecule has 2 amide bonds. The van der Waals surface area contributed by atoms with E-state index in [0.29, 0.717) is 31.2 Å². The average Bonchev–Trinajstić information content (AvgIpc) is 3.80. The first-order valence-corrected chi connectivity index (χ1v) is 18.7. The smallest absolute Gasteiger partial charge is 0.267 e. The topological polar surface area (TPSA) is 58.2 Å². The Morgan fingerprint density at radius 3 is 1.25 bits per heavy atom. The summed E-state index contributed by atoms with van der Waals surface area (Å²) in [6.07, 6.45) is 0. The second kappa shape index (κ2) is 12.5. The number of rotatable bonds is 6. The molecule has 0 fully saturated rings. The number of amides is 2. The Kier molecular flexibility index (Phi) is 7.78. The van der Waals surface area contributed by atoms with E-state index in [4.69, 9.17) is 23.2 Å². The van der Waals surface area contributed by atoms with Gasteiger partial charge >= 0.3 is 0 Å².